The molecule has 0 saturated carbocycles. The Labute approximate surface area is 245 Å². The number of rotatable bonds is 9. The van der Waals surface area contributed by atoms with Gasteiger partial charge in [-0.1, -0.05) is 72.8 Å². The Bertz CT molecular complexity index is 1550. The summed E-state index contributed by atoms with van der Waals surface area (Å²) in [7, 11) is 0. The van der Waals surface area contributed by atoms with Crippen molar-refractivity contribution in [2.24, 2.45) is 0 Å². The van der Waals surface area contributed by atoms with Crippen LogP contribution in [0.1, 0.15) is 36.3 Å². The lowest BCUT2D eigenvalue weighted by Crippen LogP contribution is -2.38. The Morgan fingerprint density at radius 2 is 1.37 bits per heavy atom. The summed E-state index contributed by atoms with van der Waals surface area (Å²) in [6.07, 6.45) is 0.254. The summed E-state index contributed by atoms with van der Waals surface area (Å²) in [5.74, 6) is -5.18. The average molecular weight is 599 g/mol. The number of hydrogen-bond donors (Lipinski definition) is 0. The molecule has 0 N–H and O–H groups in total. The van der Waals surface area contributed by atoms with Crippen molar-refractivity contribution in [2.75, 3.05) is 13.2 Å². The van der Waals surface area contributed by atoms with E-state index in [1.165, 1.54) is 24.3 Å². The van der Waals surface area contributed by atoms with E-state index in [1.807, 2.05) is 19.1 Å². The van der Waals surface area contributed by atoms with E-state index in [2.05, 4.69) is 0 Å². The van der Waals surface area contributed by atoms with E-state index in [4.69, 9.17) is 14.2 Å². The highest BCUT2D eigenvalue weighted by atomic mass is 19.3. The van der Waals surface area contributed by atoms with Crippen LogP contribution < -0.4 is 0 Å². The molecular weight excluding hydrogens is 570 g/mol. The first-order chi connectivity index (χ1) is 20.6. The van der Waals surface area contributed by atoms with Crippen LogP contribution in [0.3, 0.4) is 0 Å². The van der Waals surface area contributed by atoms with E-state index in [9.17, 15) is 26.3 Å². The first kappa shape index (κ1) is 30.5. The van der Waals surface area contributed by atoms with Crippen LogP contribution in [0, 0.1) is 23.3 Å². The summed E-state index contributed by atoms with van der Waals surface area (Å²) in [4.78, 5) is 0. The normalized spacial score (nSPS) is 17.5. The van der Waals surface area contributed by atoms with E-state index in [1.54, 1.807) is 42.5 Å². The summed E-state index contributed by atoms with van der Waals surface area (Å²) in [6.45, 7) is 1.71. The van der Waals surface area contributed by atoms with Gasteiger partial charge >= 0.3 is 6.11 Å². The maximum atomic E-state index is 14.8. The molecular formula is C34H28F6O3. The monoisotopic (exact) mass is 598 g/mol. The second kappa shape index (κ2) is 13.2. The number of alkyl halides is 2. The molecule has 1 heterocycles. The van der Waals surface area contributed by atoms with Crippen molar-refractivity contribution < 1.29 is 40.6 Å². The maximum Gasteiger partial charge on any atom is 0.383 e. The molecule has 0 unspecified atom stereocenters. The van der Waals surface area contributed by atoms with Crippen molar-refractivity contribution in [3.8, 4) is 22.3 Å². The van der Waals surface area contributed by atoms with Crippen molar-refractivity contribution in [3.63, 3.8) is 0 Å². The van der Waals surface area contributed by atoms with E-state index in [0.29, 0.717) is 16.7 Å². The molecule has 1 aliphatic rings. The van der Waals surface area contributed by atoms with Crippen molar-refractivity contribution >= 4 is 0 Å². The fourth-order valence-corrected chi connectivity index (χ4v) is 4.78. The Morgan fingerprint density at radius 3 is 1.98 bits per heavy atom. The number of allylic oxidation sites excluding steroid dienone is 2. The zero-order chi connectivity index (χ0) is 30.6. The van der Waals surface area contributed by atoms with E-state index in [-0.39, 0.29) is 29.9 Å². The molecule has 0 aromatic heterocycles. The van der Waals surface area contributed by atoms with Gasteiger partial charge in [-0.15, -0.1) is 0 Å². The minimum absolute atomic E-state index is 0.0818. The molecule has 9 heteroatoms. The Hall–Kier alpha value is -3.92. The van der Waals surface area contributed by atoms with Gasteiger partial charge in [0.05, 0.1) is 18.8 Å². The number of aryl methyl sites for hydroxylation is 1. The summed E-state index contributed by atoms with van der Waals surface area (Å²) in [5.41, 5.74) is 2.24. The van der Waals surface area contributed by atoms with E-state index in [0.717, 1.165) is 30.5 Å². The van der Waals surface area contributed by atoms with E-state index < -0.39 is 41.8 Å². The molecule has 224 valence electrons. The largest absolute Gasteiger partial charge is 0.383 e. The zero-order valence-electron chi connectivity index (χ0n) is 23.1. The number of halogens is 6. The van der Waals surface area contributed by atoms with Gasteiger partial charge in [0.25, 0.3) is 0 Å². The number of benzene rings is 4. The number of hydrogen-bond acceptors (Lipinski definition) is 3. The number of ether oxygens (including phenoxy) is 3. The molecule has 3 nitrogen and oxygen atoms in total. The lowest BCUT2D eigenvalue weighted by molar-refractivity contribution is -0.320. The van der Waals surface area contributed by atoms with Gasteiger partial charge in [0.15, 0.2) is 23.7 Å². The fraction of sp³-hybridized carbons (Fsp3) is 0.235. The molecule has 4 aromatic carbocycles. The van der Waals surface area contributed by atoms with Crippen LogP contribution in [0.25, 0.3) is 22.3 Å². The van der Waals surface area contributed by atoms with E-state index >= 15 is 0 Å². The standard InChI is InChI=1S/C34H28F6O3/c1-2-3-4-5-21-6-13-26(14-7-21)34(39,40)43-27-19-41-33(42-20-27)23-10-8-22(9-11-23)24-12-15-28(29(35)16-24)25-17-30(36)32(38)31(37)18-25/h2-3,6-18,27,33H,4-5,19-20H2,1H3. The van der Waals surface area contributed by atoms with Crippen LogP contribution >= 0.6 is 0 Å². The van der Waals surface area contributed by atoms with Crippen molar-refractivity contribution in [2.45, 2.75) is 38.3 Å². The average Bonchev–Trinajstić information content (AvgIpc) is 3.00. The topological polar surface area (TPSA) is 27.7 Å². The van der Waals surface area contributed by atoms with Crippen molar-refractivity contribution in [1.82, 2.24) is 0 Å². The lowest BCUT2D eigenvalue weighted by Gasteiger charge is -2.32. The summed E-state index contributed by atoms with van der Waals surface area (Å²) >= 11 is 0. The molecule has 43 heavy (non-hydrogen) atoms. The van der Waals surface area contributed by atoms with Gasteiger partial charge in [-0.2, -0.15) is 8.78 Å². The highest BCUT2D eigenvalue weighted by Crippen LogP contribution is 2.35. The molecule has 0 atom stereocenters. The Morgan fingerprint density at radius 1 is 0.767 bits per heavy atom. The minimum Gasteiger partial charge on any atom is -0.346 e. The van der Waals surface area contributed by atoms with Crippen molar-refractivity contribution in [3.05, 3.63) is 131 Å². The third-order valence-electron chi connectivity index (χ3n) is 7.09. The van der Waals surface area contributed by atoms with Crippen LogP contribution in [0.5, 0.6) is 0 Å². The quantitative estimate of drug-likeness (QED) is 0.109. The summed E-state index contributed by atoms with van der Waals surface area (Å²) in [5, 5.41) is 0. The van der Waals surface area contributed by atoms with Gasteiger partial charge in [-0.25, -0.2) is 17.6 Å². The molecule has 0 spiro atoms. The van der Waals surface area contributed by atoms with Gasteiger partial charge in [0.1, 0.15) is 11.9 Å². The molecule has 5 rings (SSSR count). The van der Waals surface area contributed by atoms with Crippen LogP contribution in [0.4, 0.5) is 26.3 Å². The minimum atomic E-state index is -3.52. The van der Waals surface area contributed by atoms with Crippen LogP contribution in [0.2, 0.25) is 0 Å². The van der Waals surface area contributed by atoms with Gasteiger partial charge in [0, 0.05) is 11.1 Å². The highest BCUT2D eigenvalue weighted by Gasteiger charge is 2.38. The third kappa shape index (κ3) is 7.18. The van der Waals surface area contributed by atoms with Crippen LogP contribution in [-0.4, -0.2) is 19.3 Å². The first-order valence-electron chi connectivity index (χ1n) is 13.7. The second-order valence-electron chi connectivity index (χ2n) is 10.1. The molecule has 0 aliphatic carbocycles. The molecule has 1 fully saturated rings. The fourth-order valence-electron chi connectivity index (χ4n) is 4.78. The maximum absolute atomic E-state index is 14.8. The van der Waals surface area contributed by atoms with Gasteiger partial charge in [-0.05, 0) is 60.2 Å². The Balaban J connectivity index is 1.18. The highest BCUT2D eigenvalue weighted by molar-refractivity contribution is 5.71. The molecule has 0 bridgehead atoms. The van der Waals surface area contributed by atoms with Crippen molar-refractivity contribution in [1.29, 1.82) is 0 Å². The predicted octanol–water partition coefficient (Wildman–Crippen LogP) is 9.27. The van der Waals surface area contributed by atoms with Gasteiger partial charge in [-0.3, -0.25) is 0 Å². The third-order valence-corrected chi connectivity index (χ3v) is 7.09. The van der Waals surface area contributed by atoms with Gasteiger partial charge < -0.3 is 14.2 Å². The molecule has 0 radical (unpaired) electrons. The SMILES string of the molecule is CC=CCCc1ccc(C(F)(F)OC2COC(c3ccc(-c4ccc(-c5cc(F)c(F)c(F)c5)c(F)c4)cc3)OC2)cc1. The first-order valence-corrected chi connectivity index (χ1v) is 13.7. The Kier molecular flexibility index (Phi) is 9.34. The predicted molar refractivity (Wildman–Crippen MR) is 150 cm³/mol. The van der Waals surface area contributed by atoms with Crippen LogP contribution in [0.15, 0.2) is 91.0 Å². The van der Waals surface area contributed by atoms with Crippen LogP contribution in [-0.2, 0) is 26.7 Å². The lowest BCUT2D eigenvalue weighted by atomic mass is 9.98. The van der Waals surface area contributed by atoms with Gasteiger partial charge in [0.2, 0.25) is 0 Å². The second-order valence-corrected chi connectivity index (χ2v) is 10.1. The summed E-state index contributed by atoms with van der Waals surface area (Å²) in [6, 6.07) is 18.5. The molecule has 1 saturated heterocycles. The summed E-state index contributed by atoms with van der Waals surface area (Å²) < 4.78 is 101. The smallest absolute Gasteiger partial charge is 0.346 e. The molecule has 0 amide bonds. The molecule has 1 aliphatic heterocycles. The molecule has 4 aromatic rings. The zero-order valence-corrected chi connectivity index (χ0v) is 23.1.